The zero-order chi connectivity index (χ0) is 51.5. The molecule has 1 aliphatic rings. The Labute approximate surface area is 437 Å². The minimum absolute atomic E-state index is 0.184. The van der Waals surface area contributed by atoms with Crippen LogP contribution in [-0.4, -0.2) is 87.5 Å². The predicted molar refractivity (Wildman–Crippen MR) is 299 cm³/mol. The van der Waals surface area contributed by atoms with Gasteiger partial charge in [-0.2, -0.15) is 0 Å². The van der Waals surface area contributed by atoms with Crippen LogP contribution in [0.5, 0.6) is 0 Å². The number of rotatable bonds is 52. The van der Waals surface area contributed by atoms with Gasteiger partial charge >= 0.3 is 0 Å². The lowest BCUT2D eigenvalue weighted by molar-refractivity contribution is -0.302. The van der Waals surface area contributed by atoms with Crippen molar-refractivity contribution in [2.45, 2.75) is 326 Å². The van der Waals surface area contributed by atoms with Crippen LogP contribution < -0.4 is 5.32 Å². The Morgan fingerprint density at radius 2 is 0.845 bits per heavy atom. The summed E-state index contributed by atoms with van der Waals surface area (Å²) in [6, 6.07) is -0.821. The normalized spacial score (nSPS) is 19.6. The van der Waals surface area contributed by atoms with Crippen LogP contribution in [0.2, 0.25) is 0 Å². The molecule has 1 aliphatic heterocycles. The number of carbonyl (C=O) groups excluding carboxylic acids is 1. The van der Waals surface area contributed by atoms with Crippen molar-refractivity contribution < 1.29 is 39.8 Å². The van der Waals surface area contributed by atoms with Crippen molar-refractivity contribution in [1.29, 1.82) is 0 Å². The van der Waals surface area contributed by atoms with Crippen molar-refractivity contribution in [3.05, 3.63) is 48.6 Å². The van der Waals surface area contributed by atoms with Gasteiger partial charge in [-0.25, -0.2) is 0 Å². The van der Waals surface area contributed by atoms with Gasteiger partial charge in [-0.3, -0.25) is 4.79 Å². The maximum atomic E-state index is 13.0. The van der Waals surface area contributed by atoms with Gasteiger partial charge < -0.3 is 40.3 Å². The highest BCUT2D eigenvalue weighted by Crippen LogP contribution is 2.23. The van der Waals surface area contributed by atoms with Crippen LogP contribution in [0.3, 0.4) is 0 Å². The topological polar surface area (TPSA) is 149 Å². The van der Waals surface area contributed by atoms with Gasteiger partial charge in [-0.15, -0.1) is 0 Å². The lowest BCUT2D eigenvalue weighted by Gasteiger charge is -2.40. The largest absolute Gasteiger partial charge is 0.394 e. The van der Waals surface area contributed by atoms with E-state index in [0.29, 0.717) is 6.42 Å². The lowest BCUT2D eigenvalue weighted by Crippen LogP contribution is -2.60. The number of allylic oxidation sites excluding steroid dienone is 7. The van der Waals surface area contributed by atoms with Crippen molar-refractivity contribution in [3.63, 3.8) is 0 Å². The quantitative estimate of drug-likeness (QED) is 0.0261. The Morgan fingerprint density at radius 3 is 1.27 bits per heavy atom. The highest BCUT2D eigenvalue weighted by atomic mass is 16.7. The highest BCUT2D eigenvalue weighted by Gasteiger charge is 2.44. The molecule has 0 aromatic heterocycles. The smallest absolute Gasteiger partial charge is 0.220 e. The molecular weight excluding hydrogens is 887 g/mol. The minimum atomic E-state index is -1.57. The van der Waals surface area contributed by atoms with Crippen molar-refractivity contribution >= 4 is 5.91 Å². The third kappa shape index (κ3) is 41.1. The van der Waals surface area contributed by atoms with Crippen LogP contribution in [0.4, 0.5) is 0 Å². The molecule has 7 atom stereocenters. The summed E-state index contributed by atoms with van der Waals surface area (Å²) in [7, 11) is 0. The average Bonchev–Trinajstić information content (AvgIpc) is 3.37. The monoisotopic (exact) mass is 1000 g/mol. The molecule has 0 spiro atoms. The van der Waals surface area contributed by atoms with Crippen molar-refractivity contribution in [2.75, 3.05) is 13.2 Å². The third-order valence-corrected chi connectivity index (χ3v) is 14.4. The summed E-state index contributed by atoms with van der Waals surface area (Å²) in [5.41, 5.74) is 0. The van der Waals surface area contributed by atoms with E-state index in [9.17, 15) is 30.3 Å². The van der Waals surface area contributed by atoms with Gasteiger partial charge in [0, 0.05) is 6.42 Å². The van der Waals surface area contributed by atoms with Gasteiger partial charge in [0.1, 0.15) is 24.4 Å². The molecule has 0 bridgehead atoms. The fourth-order valence-electron chi connectivity index (χ4n) is 9.56. The molecule has 71 heavy (non-hydrogen) atoms. The summed E-state index contributed by atoms with van der Waals surface area (Å²) < 4.78 is 11.3. The fourth-order valence-corrected chi connectivity index (χ4v) is 9.56. The molecule has 7 unspecified atom stereocenters. The van der Waals surface area contributed by atoms with E-state index in [-0.39, 0.29) is 12.5 Å². The first kappa shape index (κ1) is 67.2. The molecule has 1 saturated heterocycles. The van der Waals surface area contributed by atoms with E-state index in [0.717, 1.165) is 44.9 Å². The number of carbonyl (C=O) groups is 1. The Bertz CT molecular complexity index is 1250. The molecule has 9 nitrogen and oxygen atoms in total. The summed E-state index contributed by atoms with van der Waals surface area (Å²) in [5, 5.41) is 54.4. The van der Waals surface area contributed by atoms with Crippen LogP contribution in [0.25, 0.3) is 0 Å². The molecule has 0 aromatic rings. The van der Waals surface area contributed by atoms with Crippen LogP contribution in [0.15, 0.2) is 48.6 Å². The standard InChI is InChI=1S/C62H115NO8/c1-3-5-7-9-11-13-15-17-19-20-21-22-23-24-25-26-27-28-29-30-31-32-33-34-35-36-38-40-42-44-46-48-50-52-58(66)63-55(54-70-62-61(69)60(68)59(67)57(53-64)71-62)56(65)51-49-47-45-43-41-39-37-18-16-14-12-10-8-6-4-2/h21-22,24-25,41,43,49,51,55-57,59-62,64-65,67-69H,3-20,23,26-40,42,44-48,50,52-54H2,1-2H3,(H,63,66)/b22-21-,25-24-,43-41+,51-49+. The maximum Gasteiger partial charge on any atom is 0.220 e. The predicted octanol–water partition coefficient (Wildman–Crippen LogP) is 15.3. The van der Waals surface area contributed by atoms with Gasteiger partial charge in [0.05, 0.1) is 25.4 Å². The molecule has 0 aromatic carbocycles. The second-order valence-electron chi connectivity index (χ2n) is 21.1. The second kappa shape index (κ2) is 51.6. The maximum absolute atomic E-state index is 13.0. The molecule has 1 amide bonds. The molecule has 6 N–H and O–H groups in total. The van der Waals surface area contributed by atoms with Gasteiger partial charge in [0.2, 0.25) is 5.91 Å². The number of amides is 1. The third-order valence-electron chi connectivity index (χ3n) is 14.4. The summed E-state index contributed by atoms with van der Waals surface area (Å²) in [6.07, 6.45) is 62.0. The van der Waals surface area contributed by atoms with Crippen LogP contribution in [0, 0.1) is 0 Å². The average molecular weight is 1000 g/mol. The zero-order valence-electron chi connectivity index (χ0n) is 46.2. The van der Waals surface area contributed by atoms with Crippen molar-refractivity contribution in [2.24, 2.45) is 0 Å². The molecule has 0 radical (unpaired) electrons. The molecule has 9 heteroatoms. The van der Waals surface area contributed by atoms with E-state index in [1.807, 2.05) is 6.08 Å². The zero-order valence-corrected chi connectivity index (χ0v) is 46.2. The van der Waals surface area contributed by atoms with E-state index < -0.39 is 49.5 Å². The summed E-state index contributed by atoms with van der Waals surface area (Å²) >= 11 is 0. The number of unbranched alkanes of at least 4 members (excludes halogenated alkanes) is 36. The molecule has 1 fully saturated rings. The van der Waals surface area contributed by atoms with Gasteiger partial charge in [-0.05, 0) is 64.2 Å². The SMILES string of the molecule is CCCCCCCCCCC/C=C\C/C=C\CCCCCCCCCCCCCCCCCCCC(=O)NC(COC1OC(CO)C(O)C(O)C1O)C(O)/C=C/CC/C=C/CCCCCCCCCCC. The number of nitrogens with one attached hydrogen (secondary N) is 1. The van der Waals surface area contributed by atoms with E-state index in [4.69, 9.17) is 9.47 Å². The van der Waals surface area contributed by atoms with Crippen molar-refractivity contribution in [1.82, 2.24) is 5.32 Å². The van der Waals surface area contributed by atoms with Gasteiger partial charge in [0.15, 0.2) is 6.29 Å². The van der Waals surface area contributed by atoms with E-state index in [2.05, 4.69) is 55.6 Å². The first-order valence-electron chi connectivity index (χ1n) is 30.4. The molecule has 1 rings (SSSR count). The summed E-state index contributed by atoms with van der Waals surface area (Å²) in [5.74, 6) is -0.184. The van der Waals surface area contributed by atoms with Crippen molar-refractivity contribution in [3.8, 4) is 0 Å². The lowest BCUT2D eigenvalue weighted by atomic mass is 9.99. The summed E-state index contributed by atoms with van der Waals surface area (Å²) in [4.78, 5) is 13.0. The van der Waals surface area contributed by atoms with Gasteiger partial charge in [-0.1, -0.05) is 262 Å². The number of hydrogen-bond donors (Lipinski definition) is 6. The number of ether oxygens (including phenoxy) is 2. The molecule has 416 valence electrons. The molecule has 0 saturated carbocycles. The summed E-state index contributed by atoms with van der Waals surface area (Å²) in [6.45, 7) is 3.78. The first-order valence-corrected chi connectivity index (χ1v) is 30.4. The van der Waals surface area contributed by atoms with E-state index >= 15 is 0 Å². The number of hydrogen-bond acceptors (Lipinski definition) is 8. The Morgan fingerprint density at radius 1 is 0.479 bits per heavy atom. The van der Waals surface area contributed by atoms with Crippen LogP contribution in [-0.2, 0) is 14.3 Å². The second-order valence-corrected chi connectivity index (χ2v) is 21.1. The Hall–Kier alpha value is -1.85. The van der Waals surface area contributed by atoms with Gasteiger partial charge in [0.25, 0.3) is 0 Å². The fraction of sp³-hybridized carbons (Fsp3) is 0.855. The van der Waals surface area contributed by atoms with Crippen LogP contribution >= 0.6 is 0 Å². The Balaban J connectivity index is 2.13. The number of aliphatic hydroxyl groups is 5. The highest BCUT2D eigenvalue weighted by molar-refractivity contribution is 5.76. The van der Waals surface area contributed by atoms with Crippen LogP contribution in [0.1, 0.15) is 284 Å². The first-order chi connectivity index (χ1) is 34.8. The molecule has 0 aliphatic carbocycles. The molecule has 1 heterocycles. The van der Waals surface area contributed by atoms with E-state index in [1.165, 1.54) is 218 Å². The Kier molecular flexibility index (Phi) is 48.8. The molecular formula is C62H115NO8. The minimum Gasteiger partial charge on any atom is -0.394 e. The number of aliphatic hydroxyl groups excluding tert-OH is 5. The van der Waals surface area contributed by atoms with E-state index in [1.54, 1.807) is 6.08 Å².